The second-order valence-corrected chi connectivity index (χ2v) is 9.90. The number of rotatable bonds is 13. The molecular formula is C19H16Cl6O10. The third-order valence-corrected chi connectivity index (χ3v) is 7.25. The summed E-state index contributed by atoms with van der Waals surface area (Å²) in [6, 6.07) is -0.330. The van der Waals surface area contributed by atoms with Gasteiger partial charge in [-0.2, -0.15) is 0 Å². The Labute approximate surface area is 228 Å². The van der Waals surface area contributed by atoms with Gasteiger partial charge in [0, 0.05) is 0 Å². The molecule has 0 N–H and O–H groups in total. The minimum absolute atomic E-state index is 0.0443. The molecule has 16 heteroatoms. The van der Waals surface area contributed by atoms with Gasteiger partial charge in [-0.15, -0.1) is 0 Å². The molecule has 8 unspecified atom stereocenters. The molecule has 0 aliphatic heterocycles. The molecule has 2 fully saturated rings. The van der Waals surface area contributed by atoms with Crippen LogP contribution in [0.5, 0.6) is 0 Å². The van der Waals surface area contributed by atoms with Gasteiger partial charge in [-0.05, 0) is 76.3 Å². The van der Waals surface area contributed by atoms with Crippen LogP contribution in [0.15, 0.2) is 0 Å². The minimum atomic E-state index is -1.75. The van der Waals surface area contributed by atoms with Crippen LogP contribution in [0.3, 0.4) is 0 Å². The summed E-state index contributed by atoms with van der Waals surface area (Å²) in [6.07, 6.45) is -4.09. The Morgan fingerprint density at radius 3 is 1.46 bits per heavy atom. The standard InChI is InChI=1S/C19H16Cl6O10/c20-4-33-3-8(15(23)28)35-19(32)13-6-1-5(11(13)17(25)30)12(10(6)16(24)29)18(31)34-7(14(22)27)2-9(21)26/h5-8,10-13H,1-4H2. The Kier molecular flexibility index (Phi) is 11.2. The van der Waals surface area contributed by atoms with Crippen molar-refractivity contribution in [3.63, 3.8) is 0 Å². The highest BCUT2D eigenvalue weighted by Gasteiger charge is 2.66. The summed E-state index contributed by atoms with van der Waals surface area (Å²) in [6.45, 7) is -0.474. The smallest absolute Gasteiger partial charge is 0.310 e. The number of esters is 2. The van der Waals surface area contributed by atoms with E-state index in [2.05, 4.69) is 0 Å². The maximum Gasteiger partial charge on any atom is 0.310 e. The molecule has 0 radical (unpaired) electrons. The maximum absolute atomic E-state index is 12.9. The van der Waals surface area contributed by atoms with Crippen LogP contribution in [0.4, 0.5) is 0 Å². The van der Waals surface area contributed by atoms with E-state index in [1.165, 1.54) is 0 Å². The highest BCUT2D eigenvalue weighted by molar-refractivity contribution is 6.67. The zero-order valence-electron chi connectivity index (χ0n) is 17.3. The van der Waals surface area contributed by atoms with E-state index in [1.54, 1.807) is 0 Å². The van der Waals surface area contributed by atoms with E-state index in [9.17, 15) is 33.6 Å². The number of carbonyl (C=O) groups is 7. The van der Waals surface area contributed by atoms with Crippen LogP contribution in [-0.2, 0) is 47.8 Å². The van der Waals surface area contributed by atoms with Gasteiger partial charge in [0.15, 0.2) is 12.2 Å². The minimum Gasteiger partial charge on any atom is -0.452 e. The number of hydrogen-bond donors (Lipinski definition) is 0. The molecule has 0 aromatic rings. The molecule has 2 aliphatic rings. The van der Waals surface area contributed by atoms with Crippen molar-refractivity contribution in [1.29, 1.82) is 0 Å². The first-order valence-corrected chi connectivity index (χ1v) is 12.2. The lowest BCUT2D eigenvalue weighted by Crippen LogP contribution is -2.48. The van der Waals surface area contributed by atoms with Crippen molar-refractivity contribution in [2.45, 2.75) is 25.0 Å². The van der Waals surface area contributed by atoms with Crippen LogP contribution in [0.1, 0.15) is 12.8 Å². The summed E-state index contributed by atoms with van der Waals surface area (Å²) in [7, 11) is 0. The van der Waals surface area contributed by atoms with Gasteiger partial charge in [-0.1, -0.05) is 11.6 Å². The van der Waals surface area contributed by atoms with E-state index >= 15 is 0 Å². The average molecular weight is 617 g/mol. The van der Waals surface area contributed by atoms with Gasteiger partial charge in [0.2, 0.25) is 15.7 Å². The Hall–Kier alpha value is -1.01. The Morgan fingerprint density at radius 1 is 0.686 bits per heavy atom. The lowest BCUT2D eigenvalue weighted by molar-refractivity contribution is -0.171. The third kappa shape index (κ3) is 7.06. The van der Waals surface area contributed by atoms with Gasteiger partial charge < -0.3 is 14.2 Å². The molecule has 35 heavy (non-hydrogen) atoms. The van der Waals surface area contributed by atoms with E-state index in [-0.39, 0.29) is 12.5 Å². The monoisotopic (exact) mass is 614 g/mol. The van der Waals surface area contributed by atoms with Crippen LogP contribution in [0.25, 0.3) is 0 Å². The number of fused-ring (bicyclic) bond motifs is 2. The lowest BCUT2D eigenvalue weighted by atomic mass is 9.68. The van der Waals surface area contributed by atoms with Crippen LogP contribution in [0.2, 0.25) is 0 Å². The molecule has 0 heterocycles. The van der Waals surface area contributed by atoms with E-state index < -0.39 is 98.9 Å². The molecule has 8 atom stereocenters. The van der Waals surface area contributed by atoms with Crippen molar-refractivity contribution in [2.75, 3.05) is 12.7 Å². The van der Waals surface area contributed by atoms with Crippen molar-refractivity contribution < 1.29 is 47.8 Å². The second kappa shape index (κ2) is 13.0. The van der Waals surface area contributed by atoms with Crippen molar-refractivity contribution >= 4 is 108 Å². The molecular weight excluding hydrogens is 601 g/mol. The topological polar surface area (TPSA) is 147 Å². The molecule has 2 bridgehead atoms. The molecule has 0 aromatic carbocycles. The second-order valence-electron chi connectivity index (χ2n) is 7.77. The lowest BCUT2D eigenvalue weighted by Gasteiger charge is -2.36. The molecule has 10 nitrogen and oxygen atoms in total. The number of carbonyl (C=O) groups excluding carboxylic acids is 7. The predicted molar refractivity (Wildman–Crippen MR) is 121 cm³/mol. The van der Waals surface area contributed by atoms with Crippen molar-refractivity contribution in [2.24, 2.45) is 35.5 Å². The van der Waals surface area contributed by atoms with Crippen LogP contribution in [-0.4, -0.2) is 63.0 Å². The van der Waals surface area contributed by atoms with Gasteiger partial charge in [0.1, 0.15) is 6.07 Å². The predicted octanol–water partition coefficient (Wildman–Crippen LogP) is 2.35. The van der Waals surface area contributed by atoms with Crippen molar-refractivity contribution in [3.05, 3.63) is 0 Å². The third-order valence-electron chi connectivity index (χ3n) is 5.95. The molecule has 0 saturated heterocycles. The highest BCUT2D eigenvalue weighted by atomic mass is 35.5. The average Bonchev–Trinajstić information content (AvgIpc) is 3.31. The van der Waals surface area contributed by atoms with Gasteiger partial charge in [-0.3, -0.25) is 33.6 Å². The first-order chi connectivity index (χ1) is 16.3. The summed E-state index contributed by atoms with van der Waals surface area (Å²) in [5.41, 5.74) is 0. The van der Waals surface area contributed by atoms with Crippen LogP contribution >= 0.6 is 69.6 Å². The molecule has 2 aliphatic carbocycles. The quantitative estimate of drug-likeness (QED) is 0.172. The SMILES string of the molecule is O=C(Cl)CC(OC(=O)C1C2CC(C1C(=O)Cl)C(C(=O)OC(COCCl)C(=O)Cl)C2C(=O)Cl)C(=O)Cl. The summed E-state index contributed by atoms with van der Waals surface area (Å²) in [5.74, 6) is -9.72. The summed E-state index contributed by atoms with van der Waals surface area (Å²) >= 11 is 32.9. The van der Waals surface area contributed by atoms with Gasteiger partial charge in [-0.25, -0.2) is 0 Å². The Balaban J connectivity index is 2.34. The molecule has 2 saturated carbocycles. The summed E-state index contributed by atoms with van der Waals surface area (Å²) in [5, 5.41) is -5.36. The fourth-order valence-electron chi connectivity index (χ4n) is 4.72. The largest absolute Gasteiger partial charge is 0.452 e. The zero-order chi connectivity index (χ0) is 26.6. The summed E-state index contributed by atoms with van der Waals surface area (Å²) in [4.78, 5) is 84.7. The molecule has 0 amide bonds. The zero-order valence-corrected chi connectivity index (χ0v) is 21.8. The Bertz CT molecular complexity index is 926. The van der Waals surface area contributed by atoms with Crippen molar-refractivity contribution in [3.8, 4) is 0 Å². The Morgan fingerprint density at radius 2 is 1.11 bits per heavy atom. The summed E-state index contributed by atoms with van der Waals surface area (Å²) < 4.78 is 14.9. The number of alkyl halides is 1. The van der Waals surface area contributed by atoms with Gasteiger partial charge >= 0.3 is 11.9 Å². The fourth-order valence-corrected chi connectivity index (χ4v) is 5.78. The van der Waals surface area contributed by atoms with Crippen molar-refractivity contribution in [1.82, 2.24) is 0 Å². The highest BCUT2D eigenvalue weighted by Crippen LogP contribution is 2.60. The number of halogens is 6. The van der Waals surface area contributed by atoms with E-state index in [0.717, 1.165) is 0 Å². The molecule has 194 valence electrons. The number of hydrogen-bond acceptors (Lipinski definition) is 10. The van der Waals surface area contributed by atoms with E-state index in [0.29, 0.717) is 0 Å². The maximum atomic E-state index is 12.9. The first kappa shape index (κ1) is 30.2. The van der Waals surface area contributed by atoms with E-state index in [1.807, 2.05) is 0 Å². The first-order valence-electron chi connectivity index (χ1n) is 9.82. The van der Waals surface area contributed by atoms with Gasteiger partial charge in [0.05, 0.1) is 36.7 Å². The van der Waals surface area contributed by atoms with Crippen LogP contribution in [0, 0.1) is 35.5 Å². The van der Waals surface area contributed by atoms with Gasteiger partial charge in [0.25, 0.3) is 10.5 Å². The number of ether oxygens (including phenoxy) is 3. The molecule has 0 aromatic heterocycles. The van der Waals surface area contributed by atoms with E-state index in [4.69, 9.17) is 83.8 Å². The normalized spacial score (nSPS) is 28.6. The molecule has 0 spiro atoms. The fraction of sp³-hybridized carbons (Fsp3) is 0.632. The molecule has 2 rings (SSSR count). The van der Waals surface area contributed by atoms with Crippen LogP contribution < -0.4 is 0 Å².